The Balaban J connectivity index is 1.41. The topological polar surface area (TPSA) is 9.86 Å². The lowest BCUT2D eigenvalue weighted by Crippen LogP contribution is -1.96. The first-order valence-electron chi connectivity index (χ1n) is 11.2. The van der Waals surface area contributed by atoms with Crippen molar-refractivity contribution in [3.8, 4) is 11.4 Å². The highest BCUT2D eigenvalue weighted by Gasteiger charge is 2.28. The largest absolute Gasteiger partial charge is 0.316 e. The third-order valence-electron chi connectivity index (χ3n) is 6.91. The van der Waals surface area contributed by atoms with Crippen molar-refractivity contribution in [2.75, 3.05) is 0 Å². The van der Waals surface area contributed by atoms with Gasteiger partial charge in [-0.2, -0.15) is 0 Å². The maximum absolute atomic E-state index is 2.39. The van der Waals surface area contributed by atoms with Gasteiger partial charge in [0.2, 0.25) is 0 Å². The average molecular weight is 389 g/mol. The molecular weight excluding hydrogens is 364 g/mol. The van der Waals surface area contributed by atoms with Gasteiger partial charge in [-0.1, -0.05) is 42.5 Å². The summed E-state index contributed by atoms with van der Waals surface area (Å²) in [6.45, 7) is 0. The van der Waals surface area contributed by atoms with Gasteiger partial charge >= 0.3 is 0 Å². The molecule has 0 amide bonds. The molecule has 2 saturated carbocycles. The molecule has 7 rings (SSSR count). The molecule has 146 valence electrons. The van der Waals surface area contributed by atoms with Crippen LogP contribution >= 0.6 is 0 Å². The van der Waals surface area contributed by atoms with E-state index in [9.17, 15) is 0 Å². The van der Waals surface area contributed by atoms with Gasteiger partial charge in [0, 0.05) is 34.5 Å². The second kappa shape index (κ2) is 6.12. The number of rotatable bonds is 4. The second-order valence-electron chi connectivity index (χ2n) is 9.01. The molecule has 0 atom stereocenters. The van der Waals surface area contributed by atoms with Crippen LogP contribution in [0, 0.1) is 0 Å². The Hall–Kier alpha value is -3.26. The summed E-state index contributed by atoms with van der Waals surface area (Å²) >= 11 is 0. The standard InChI is InChI=1S/C28H24N2/c1-3-10-27-23(8-1)25(19-12-13-19)17-29(27)21-6-5-7-22(16-21)30-18-26(20-14-15-20)24-9-2-4-11-28(24)30/h1-11,16-20H,12-15H2. The SMILES string of the molecule is c1cc(-n2cc(C3CC3)c3ccccc32)cc(-n2cc(C3CC3)c3ccccc32)c1. The van der Waals surface area contributed by atoms with Gasteiger partial charge in [-0.05, 0) is 79.0 Å². The Morgan fingerprint density at radius 2 is 1.00 bits per heavy atom. The maximum atomic E-state index is 2.39. The Bertz CT molecular complexity index is 1300. The fourth-order valence-corrected chi connectivity index (χ4v) is 5.07. The van der Waals surface area contributed by atoms with Crippen molar-refractivity contribution in [1.29, 1.82) is 0 Å². The first kappa shape index (κ1) is 16.5. The number of para-hydroxylation sites is 2. The smallest absolute Gasteiger partial charge is 0.0531 e. The molecule has 0 N–H and O–H groups in total. The Morgan fingerprint density at radius 1 is 0.533 bits per heavy atom. The molecule has 2 heterocycles. The van der Waals surface area contributed by atoms with Crippen LogP contribution in [0.4, 0.5) is 0 Å². The molecule has 30 heavy (non-hydrogen) atoms. The van der Waals surface area contributed by atoms with E-state index in [4.69, 9.17) is 0 Å². The highest BCUT2D eigenvalue weighted by molar-refractivity contribution is 5.88. The van der Waals surface area contributed by atoms with Crippen molar-refractivity contribution in [1.82, 2.24) is 9.13 Å². The van der Waals surface area contributed by atoms with E-state index in [1.807, 2.05) is 0 Å². The minimum absolute atomic E-state index is 0.744. The number of benzene rings is 3. The Labute approximate surface area is 176 Å². The predicted molar refractivity (Wildman–Crippen MR) is 124 cm³/mol. The molecule has 0 saturated heterocycles. The highest BCUT2D eigenvalue weighted by Crippen LogP contribution is 2.45. The zero-order valence-electron chi connectivity index (χ0n) is 17.0. The highest BCUT2D eigenvalue weighted by atomic mass is 15.0. The molecule has 2 aliphatic carbocycles. The van der Waals surface area contributed by atoms with Gasteiger partial charge in [-0.3, -0.25) is 0 Å². The number of nitrogens with zero attached hydrogens (tertiary/aromatic N) is 2. The molecule has 0 spiro atoms. The average Bonchev–Trinajstić information content (AvgIpc) is 3.74. The monoisotopic (exact) mass is 388 g/mol. The maximum Gasteiger partial charge on any atom is 0.0531 e. The summed E-state index contributed by atoms with van der Waals surface area (Å²) in [4.78, 5) is 0. The van der Waals surface area contributed by atoms with Gasteiger partial charge in [0.15, 0.2) is 0 Å². The van der Waals surface area contributed by atoms with Gasteiger partial charge in [0.25, 0.3) is 0 Å². The lowest BCUT2D eigenvalue weighted by atomic mass is 10.1. The van der Waals surface area contributed by atoms with Crippen molar-refractivity contribution in [3.05, 3.63) is 96.3 Å². The van der Waals surface area contributed by atoms with Crippen LogP contribution in [0.2, 0.25) is 0 Å². The number of hydrogen-bond acceptors (Lipinski definition) is 0. The van der Waals surface area contributed by atoms with E-state index in [1.54, 1.807) is 0 Å². The van der Waals surface area contributed by atoms with Crippen LogP contribution in [0.3, 0.4) is 0 Å². The van der Waals surface area contributed by atoms with Crippen LogP contribution < -0.4 is 0 Å². The molecule has 2 aromatic heterocycles. The van der Waals surface area contributed by atoms with Crippen LogP contribution in [0.15, 0.2) is 85.2 Å². The molecule has 2 heteroatoms. The molecule has 0 bridgehead atoms. The number of aromatic nitrogens is 2. The molecule has 0 aliphatic heterocycles. The van der Waals surface area contributed by atoms with Crippen LogP contribution in [0.25, 0.3) is 33.2 Å². The summed E-state index contributed by atoms with van der Waals surface area (Å²) in [6.07, 6.45) is 10.1. The van der Waals surface area contributed by atoms with Gasteiger partial charge in [0.05, 0.1) is 11.0 Å². The first-order chi connectivity index (χ1) is 14.9. The van der Waals surface area contributed by atoms with Gasteiger partial charge < -0.3 is 9.13 Å². The van der Waals surface area contributed by atoms with E-state index in [-0.39, 0.29) is 0 Å². The summed E-state index contributed by atoms with van der Waals surface area (Å²) in [5.74, 6) is 1.49. The van der Waals surface area contributed by atoms with Crippen LogP contribution in [-0.4, -0.2) is 9.13 Å². The quantitative estimate of drug-likeness (QED) is 0.305. The van der Waals surface area contributed by atoms with Crippen molar-refractivity contribution < 1.29 is 0 Å². The van der Waals surface area contributed by atoms with Crippen LogP contribution in [0.5, 0.6) is 0 Å². The number of fused-ring (bicyclic) bond motifs is 2. The summed E-state index contributed by atoms with van der Waals surface area (Å²) in [7, 11) is 0. The summed E-state index contributed by atoms with van der Waals surface area (Å²) in [6, 6.07) is 26.7. The molecule has 3 aromatic carbocycles. The molecule has 0 radical (unpaired) electrons. The van der Waals surface area contributed by atoms with E-state index >= 15 is 0 Å². The summed E-state index contributed by atoms with van der Waals surface area (Å²) in [5.41, 5.74) is 8.12. The van der Waals surface area contributed by atoms with Gasteiger partial charge in [-0.25, -0.2) is 0 Å². The van der Waals surface area contributed by atoms with Crippen molar-refractivity contribution in [2.24, 2.45) is 0 Å². The predicted octanol–water partition coefficient (Wildman–Crippen LogP) is 7.33. The van der Waals surface area contributed by atoms with Crippen molar-refractivity contribution in [3.63, 3.8) is 0 Å². The summed E-state index contributed by atoms with van der Waals surface area (Å²) < 4.78 is 4.78. The molecule has 2 aliphatic rings. The van der Waals surface area contributed by atoms with E-state index in [1.165, 1.54) is 70.0 Å². The zero-order valence-corrected chi connectivity index (χ0v) is 17.0. The lowest BCUT2D eigenvalue weighted by molar-refractivity contribution is 1.05. The van der Waals surface area contributed by atoms with E-state index in [2.05, 4.69) is 94.3 Å². The van der Waals surface area contributed by atoms with Gasteiger partial charge in [-0.15, -0.1) is 0 Å². The van der Waals surface area contributed by atoms with Crippen LogP contribution in [-0.2, 0) is 0 Å². The number of hydrogen-bond donors (Lipinski definition) is 0. The third kappa shape index (κ3) is 2.50. The van der Waals surface area contributed by atoms with Gasteiger partial charge in [0.1, 0.15) is 0 Å². The van der Waals surface area contributed by atoms with E-state index in [0.29, 0.717) is 0 Å². The van der Waals surface area contributed by atoms with Crippen LogP contribution in [0.1, 0.15) is 48.6 Å². The molecule has 5 aromatic rings. The third-order valence-corrected chi connectivity index (χ3v) is 6.91. The van der Waals surface area contributed by atoms with E-state index in [0.717, 1.165) is 11.8 Å². The fourth-order valence-electron chi connectivity index (χ4n) is 5.07. The Morgan fingerprint density at radius 3 is 1.47 bits per heavy atom. The molecule has 2 nitrogen and oxygen atoms in total. The zero-order chi connectivity index (χ0) is 19.7. The minimum atomic E-state index is 0.744. The van der Waals surface area contributed by atoms with Crippen molar-refractivity contribution in [2.45, 2.75) is 37.5 Å². The normalized spacial score (nSPS) is 16.5. The fraction of sp³-hybridized carbons (Fsp3) is 0.214. The first-order valence-corrected chi connectivity index (χ1v) is 11.2. The molecule has 2 fully saturated rings. The lowest BCUT2D eigenvalue weighted by Gasteiger charge is -2.10. The molecule has 0 unspecified atom stereocenters. The minimum Gasteiger partial charge on any atom is -0.316 e. The second-order valence-corrected chi connectivity index (χ2v) is 9.01. The van der Waals surface area contributed by atoms with Crippen molar-refractivity contribution >= 4 is 21.8 Å². The summed E-state index contributed by atoms with van der Waals surface area (Å²) in [5, 5.41) is 2.82. The molecular formula is C28H24N2. The Kier molecular flexibility index (Phi) is 3.37. The van der Waals surface area contributed by atoms with E-state index < -0.39 is 0 Å².